The first-order valence-electron chi connectivity index (χ1n) is 8.52. The third kappa shape index (κ3) is 7.88. The molecule has 2 rings (SSSR count). The number of ether oxygens (including phenoxy) is 2. The van der Waals surface area contributed by atoms with Crippen LogP contribution in [-0.4, -0.2) is 39.3 Å². The molecule has 0 aliphatic carbocycles. The molecule has 1 saturated heterocycles. The number of methoxy groups -OCH3 is 1. The van der Waals surface area contributed by atoms with E-state index in [9.17, 15) is 4.79 Å². The van der Waals surface area contributed by atoms with Crippen LogP contribution in [0.25, 0.3) is 0 Å². The van der Waals surface area contributed by atoms with Crippen molar-refractivity contribution < 1.29 is 14.3 Å². The maximum atomic E-state index is 11.8. The van der Waals surface area contributed by atoms with E-state index in [0.29, 0.717) is 18.9 Å². The van der Waals surface area contributed by atoms with Crippen LogP contribution in [0.4, 0.5) is 0 Å². The number of carbonyl (C=O) groups excluding carboxylic acids is 1. The number of halogens is 1. The lowest BCUT2D eigenvalue weighted by atomic mass is 9.96. The highest BCUT2D eigenvalue weighted by Crippen LogP contribution is 2.17. The molecule has 5 nitrogen and oxygen atoms in total. The summed E-state index contributed by atoms with van der Waals surface area (Å²) in [6, 6.07) is 7.47. The van der Waals surface area contributed by atoms with Gasteiger partial charge in [-0.25, -0.2) is 0 Å². The van der Waals surface area contributed by atoms with E-state index < -0.39 is 0 Å². The van der Waals surface area contributed by atoms with E-state index in [4.69, 9.17) is 9.47 Å². The molecule has 0 saturated carbocycles. The summed E-state index contributed by atoms with van der Waals surface area (Å²) < 4.78 is 10.7. The average molecular weight is 357 g/mol. The molecule has 0 aromatic heterocycles. The lowest BCUT2D eigenvalue weighted by molar-refractivity contribution is -0.121. The minimum Gasteiger partial charge on any atom is -0.497 e. The minimum absolute atomic E-state index is 0. The highest BCUT2D eigenvalue weighted by Gasteiger charge is 2.12. The monoisotopic (exact) mass is 356 g/mol. The Kier molecular flexibility index (Phi) is 10.3. The first-order chi connectivity index (χ1) is 11.3. The van der Waals surface area contributed by atoms with Crippen molar-refractivity contribution in [3.63, 3.8) is 0 Å². The van der Waals surface area contributed by atoms with E-state index in [-0.39, 0.29) is 18.3 Å². The highest BCUT2D eigenvalue weighted by atomic mass is 35.5. The Hall–Kier alpha value is -1.46. The van der Waals surface area contributed by atoms with E-state index in [1.54, 1.807) is 7.11 Å². The van der Waals surface area contributed by atoms with Crippen LogP contribution >= 0.6 is 12.4 Å². The van der Waals surface area contributed by atoms with Crippen LogP contribution in [0.15, 0.2) is 24.3 Å². The van der Waals surface area contributed by atoms with Crippen molar-refractivity contribution in [2.24, 2.45) is 5.92 Å². The van der Waals surface area contributed by atoms with Gasteiger partial charge in [-0.1, -0.05) is 0 Å². The molecule has 0 spiro atoms. The standard InChI is InChI=1S/C18H28N2O3.ClH/c1-22-16-6-8-17(9-7-16)23-13-3-5-18(21)20-12-10-15-4-2-11-19-14-15;/h6-9,15,19H,2-5,10-14H2,1H3,(H,20,21);1H. The third-order valence-electron chi connectivity index (χ3n) is 4.15. The van der Waals surface area contributed by atoms with E-state index in [0.717, 1.165) is 44.0 Å². The normalized spacial score (nSPS) is 16.8. The van der Waals surface area contributed by atoms with Gasteiger partial charge in [-0.2, -0.15) is 0 Å². The van der Waals surface area contributed by atoms with Crippen LogP contribution < -0.4 is 20.1 Å². The average Bonchev–Trinajstić information content (AvgIpc) is 2.60. The molecule has 1 atom stereocenters. The molecule has 136 valence electrons. The molecule has 0 bridgehead atoms. The summed E-state index contributed by atoms with van der Waals surface area (Å²) >= 11 is 0. The molecule has 1 aliphatic rings. The topological polar surface area (TPSA) is 59.6 Å². The van der Waals surface area contributed by atoms with Gasteiger partial charge in [-0.05, 0) is 69.0 Å². The maximum absolute atomic E-state index is 11.8. The Morgan fingerprint density at radius 2 is 2.04 bits per heavy atom. The molecular weight excluding hydrogens is 328 g/mol. The molecular formula is C18H29ClN2O3. The molecule has 1 fully saturated rings. The summed E-state index contributed by atoms with van der Waals surface area (Å²) in [6.07, 6.45) is 4.84. The van der Waals surface area contributed by atoms with Crippen molar-refractivity contribution >= 4 is 18.3 Å². The molecule has 0 radical (unpaired) electrons. The van der Waals surface area contributed by atoms with Crippen molar-refractivity contribution in [1.82, 2.24) is 10.6 Å². The first kappa shape index (κ1) is 20.6. The Bertz CT molecular complexity index is 462. The summed E-state index contributed by atoms with van der Waals surface area (Å²) in [5, 5.41) is 6.41. The minimum atomic E-state index is 0. The van der Waals surface area contributed by atoms with E-state index in [1.807, 2.05) is 24.3 Å². The van der Waals surface area contributed by atoms with Gasteiger partial charge in [0.15, 0.2) is 0 Å². The number of nitrogens with one attached hydrogen (secondary N) is 2. The summed E-state index contributed by atoms with van der Waals surface area (Å²) in [7, 11) is 1.64. The summed E-state index contributed by atoms with van der Waals surface area (Å²) in [5.41, 5.74) is 0. The fourth-order valence-electron chi connectivity index (χ4n) is 2.77. The number of hydrogen-bond acceptors (Lipinski definition) is 4. The predicted molar refractivity (Wildman–Crippen MR) is 98.2 cm³/mol. The summed E-state index contributed by atoms with van der Waals surface area (Å²) in [5.74, 6) is 2.44. The third-order valence-corrected chi connectivity index (χ3v) is 4.15. The van der Waals surface area contributed by atoms with Gasteiger partial charge in [-0.3, -0.25) is 4.79 Å². The van der Waals surface area contributed by atoms with Gasteiger partial charge >= 0.3 is 0 Å². The van der Waals surface area contributed by atoms with Crippen molar-refractivity contribution in [2.45, 2.75) is 32.1 Å². The van der Waals surface area contributed by atoms with Crippen molar-refractivity contribution in [2.75, 3.05) is 33.4 Å². The maximum Gasteiger partial charge on any atom is 0.220 e. The zero-order valence-electron chi connectivity index (χ0n) is 14.4. The molecule has 1 aromatic carbocycles. The number of rotatable bonds is 9. The number of carbonyl (C=O) groups is 1. The Morgan fingerprint density at radius 1 is 1.29 bits per heavy atom. The summed E-state index contributed by atoms with van der Waals surface area (Å²) in [4.78, 5) is 11.8. The fourth-order valence-corrected chi connectivity index (χ4v) is 2.77. The van der Waals surface area contributed by atoms with Crippen LogP contribution in [0.5, 0.6) is 11.5 Å². The predicted octanol–water partition coefficient (Wildman–Crippen LogP) is 2.78. The number of benzene rings is 1. The van der Waals surface area contributed by atoms with Gasteiger partial charge in [0.25, 0.3) is 0 Å². The Balaban J connectivity index is 0.00000288. The van der Waals surface area contributed by atoms with Crippen molar-refractivity contribution in [1.29, 1.82) is 0 Å². The SMILES string of the molecule is COc1ccc(OCCCC(=O)NCCC2CCCNC2)cc1.Cl. The molecule has 1 heterocycles. The van der Waals surface area contributed by atoms with Crippen LogP contribution in [0.2, 0.25) is 0 Å². The molecule has 1 amide bonds. The van der Waals surface area contributed by atoms with Gasteiger partial charge in [0, 0.05) is 13.0 Å². The Labute approximate surface area is 150 Å². The molecule has 1 unspecified atom stereocenters. The van der Waals surface area contributed by atoms with E-state index >= 15 is 0 Å². The van der Waals surface area contributed by atoms with Crippen molar-refractivity contribution in [3.05, 3.63) is 24.3 Å². The lowest BCUT2D eigenvalue weighted by Gasteiger charge is -2.22. The molecule has 6 heteroatoms. The quantitative estimate of drug-likeness (QED) is 0.668. The molecule has 24 heavy (non-hydrogen) atoms. The second-order valence-corrected chi connectivity index (χ2v) is 5.98. The number of amides is 1. The summed E-state index contributed by atoms with van der Waals surface area (Å²) in [6.45, 7) is 3.55. The fraction of sp³-hybridized carbons (Fsp3) is 0.611. The zero-order chi connectivity index (χ0) is 16.3. The largest absolute Gasteiger partial charge is 0.497 e. The van der Waals surface area contributed by atoms with E-state index in [1.165, 1.54) is 12.8 Å². The van der Waals surface area contributed by atoms with Gasteiger partial charge in [0.1, 0.15) is 11.5 Å². The van der Waals surface area contributed by atoms with Gasteiger partial charge in [-0.15, -0.1) is 12.4 Å². The zero-order valence-corrected chi connectivity index (χ0v) is 15.2. The van der Waals surface area contributed by atoms with Crippen LogP contribution in [0.3, 0.4) is 0 Å². The first-order valence-corrected chi connectivity index (χ1v) is 8.52. The second-order valence-electron chi connectivity index (χ2n) is 5.98. The lowest BCUT2D eigenvalue weighted by Crippen LogP contribution is -2.33. The van der Waals surface area contributed by atoms with Gasteiger partial charge < -0.3 is 20.1 Å². The van der Waals surface area contributed by atoms with Crippen LogP contribution in [0, 0.1) is 5.92 Å². The van der Waals surface area contributed by atoms with Crippen LogP contribution in [0.1, 0.15) is 32.1 Å². The number of piperidine rings is 1. The van der Waals surface area contributed by atoms with Crippen molar-refractivity contribution in [3.8, 4) is 11.5 Å². The van der Waals surface area contributed by atoms with Gasteiger partial charge in [0.2, 0.25) is 5.91 Å². The molecule has 2 N–H and O–H groups in total. The smallest absolute Gasteiger partial charge is 0.220 e. The second kappa shape index (κ2) is 12.0. The molecule has 1 aliphatic heterocycles. The van der Waals surface area contributed by atoms with Gasteiger partial charge in [0.05, 0.1) is 13.7 Å². The molecule has 1 aromatic rings. The highest BCUT2D eigenvalue weighted by molar-refractivity contribution is 5.85. The van der Waals surface area contributed by atoms with E-state index in [2.05, 4.69) is 10.6 Å². The number of hydrogen-bond donors (Lipinski definition) is 2. The Morgan fingerprint density at radius 3 is 2.71 bits per heavy atom. The van der Waals surface area contributed by atoms with Crippen LogP contribution in [-0.2, 0) is 4.79 Å².